The van der Waals surface area contributed by atoms with E-state index in [1.807, 2.05) is 19.0 Å². The van der Waals surface area contributed by atoms with Crippen LogP contribution in [0.2, 0.25) is 0 Å². The van der Waals surface area contributed by atoms with Crippen molar-refractivity contribution in [1.29, 1.82) is 0 Å². The molecule has 5 nitrogen and oxygen atoms in total. The van der Waals surface area contributed by atoms with Crippen LogP contribution in [0.4, 0.5) is 0 Å². The Labute approximate surface area is 126 Å². The summed E-state index contributed by atoms with van der Waals surface area (Å²) >= 11 is 3.36. The smallest absolute Gasteiger partial charge is 0.328 e. The first kappa shape index (κ1) is 16.5. The molecule has 0 aliphatic carbocycles. The lowest BCUT2D eigenvalue weighted by molar-refractivity contribution is -0.131. The molecule has 1 rings (SSSR count). The number of hydrogen-bond acceptors (Lipinski definition) is 4. The second-order valence-electron chi connectivity index (χ2n) is 4.35. The molecule has 110 valence electrons. The lowest BCUT2D eigenvalue weighted by Gasteiger charge is -2.16. The fourth-order valence-electron chi connectivity index (χ4n) is 1.51. The van der Waals surface area contributed by atoms with Crippen LogP contribution in [0.3, 0.4) is 0 Å². The van der Waals surface area contributed by atoms with Crippen LogP contribution in [0.25, 0.3) is 6.08 Å². The summed E-state index contributed by atoms with van der Waals surface area (Å²) in [6.07, 6.45) is 2.56. The predicted molar refractivity (Wildman–Crippen MR) is 81.4 cm³/mol. The Balaban J connectivity index is 3.05. The molecule has 0 bridgehead atoms. The average Bonchev–Trinajstić information content (AvgIpc) is 2.37. The van der Waals surface area contributed by atoms with Crippen molar-refractivity contribution in [3.05, 3.63) is 28.2 Å². The fraction of sp³-hybridized carbons (Fsp3) is 0.357. The van der Waals surface area contributed by atoms with Crippen LogP contribution in [0, 0.1) is 0 Å². The third kappa shape index (κ3) is 5.22. The van der Waals surface area contributed by atoms with Gasteiger partial charge in [-0.2, -0.15) is 0 Å². The number of carboxylic acid groups (broad SMARTS) is 1. The van der Waals surface area contributed by atoms with Gasteiger partial charge in [-0.25, -0.2) is 4.79 Å². The van der Waals surface area contributed by atoms with Crippen molar-refractivity contribution in [3.8, 4) is 11.5 Å². The second-order valence-corrected chi connectivity index (χ2v) is 5.27. The quantitative estimate of drug-likeness (QED) is 0.770. The SMILES string of the molecule is COc1cc(Br)cc(C=CC(=O)O)c1OCCN(C)C. The summed E-state index contributed by atoms with van der Waals surface area (Å²) in [5.41, 5.74) is 0.650. The Morgan fingerprint density at radius 3 is 2.70 bits per heavy atom. The number of methoxy groups -OCH3 is 1. The standard InChI is InChI=1S/C14H18BrNO4/c1-16(2)6-7-20-14-10(4-5-13(17)18)8-11(15)9-12(14)19-3/h4-5,8-9H,6-7H2,1-3H3,(H,17,18). The first-order valence-electron chi connectivity index (χ1n) is 6.00. The minimum Gasteiger partial charge on any atom is -0.493 e. The van der Waals surface area contributed by atoms with E-state index in [0.717, 1.165) is 17.1 Å². The highest BCUT2D eigenvalue weighted by atomic mass is 79.9. The zero-order chi connectivity index (χ0) is 15.1. The normalized spacial score (nSPS) is 11.1. The molecule has 0 saturated heterocycles. The zero-order valence-electron chi connectivity index (χ0n) is 11.7. The molecule has 0 saturated carbocycles. The van der Waals surface area contributed by atoms with Crippen molar-refractivity contribution in [3.63, 3.8) is 0 Å². The molecule has 1 aromatic carbocycles. The first-order valence-corrected chi connectivity index (χ1v) is 6.79. The molecule has 0 amide bonds. The van der Waals surface area contributed by atoms with Gasteiger partial charge in [0, 0.05) is 22.7 Å². The number of hydrogen-bond donors (Lipinski definition) is 1. The molecule has 0 atom stereocenters. The summed E-state index contributed by atoms with van der Waals surface area (Å²) < 4.78 is 11.8. The molecule has 20 heavy (non-hydrogen) atoms. The van der Waals surface area contributed by atoms with Gasteiger partial charge in [0.05, 0.1) is 7.11 Å². The zero-order valence-corrected chi connectivity index (χ0v) is 13.3. The average molecular weight is 344 g/mol. The van der Waals surface area contributed by atoms with Crippen LogP contribution in [0.5, 0.6) is 11.5 Å². The molecule has 0 spiro atoms. The van der Waals surface area contributed by atoms with E-state index in [1.54, 1.807) is 19.2 Å². The van der Waals surface area contributed by atoms with Crippen LogP contribution in [0.15, 0.2) is 22.7 Å². The summed E-state index contributed by atoms with van der Waals surface area (Å²) in [7, 11) is 5.45. The minimum absolute atomic E-state index is 0.485. The van der Waals surface area contributed by atoms with Crippen molar-refractivity contribution in [1.82, 2.24) is 4.90 Å². The topological polar surface area (TPSA) is 59.0 Å². The highest BCUT2D eigenvalue weighted by molar-refractivity contribution is 9.10. The van der Waals surface area contributed by atoms with E-state index < -0.39 is 5.97 Å². The van der Waals surface area contributed by atoms with E-state index in [2.05, 4.69) is 15.9 Å². The highest BCUT2D eigenvalue weighted by Gasteiger charge is 2.11. The van der Waals surface area contributed by atoms with Gasteiger partial charge in [0.25, 0.3) is 0 Å². The number of carbonyl (C=O) groups is 1. The van der Waals surface area contributed by atoms with Gasteiger partial charge >= 0.3 is 5.97 Å². The lowest BCUT2D eigenvalue weighted by Crippen LogP contribution is -2.19. The summed E-state index contributed by atoms with van der Waals surface area (Å²) in [6, 6.07) is 3.57. The van der Waals surface area contributed by atoms with Crippen LogP contribution in [-0.4, -0.2) is 50.3 Å². The van der Waals surface area contributed by atoms with Gasteiger partial charge in [-0.3, -0.25) is 0 Å². The van der Waals surface area contributed by atoms with E-state index in [9.17, 15) is 4.79 Å². The molecule has 0 radical (unpaired) electrons. The third-order valence-electron chi connectivity index (χ3n) is 2.46. The Kier molecular flexibility index (Phi) is 6.54. The van der Waals surface area contributed by atoms with Gasteiger partial charge < -0.3 is 19.5 Å². The van der Waals surface area contributed by atoms with Crippen molar-refractivity contribution in [2.75, 3.05) is 34.4 Å². The van der Waals surface area contributed by atoms with Gasteiger partial charge in [-0.15, -0.1) is 0 Å². The van der Waals surface area contributed by atoms with Gasteiger partial charge in [-0.1, -0.05) is 15.9 Å². The van der Waals surface area contributed by atoms with E-state index in [0.29, 0.717) is 23.7 Å². The van der Waals surface area contributed by atoms with Gasteiger partial charge in [0.2, 0.25) is 0 Å². The van der Waals surface area contributed by atoms with Gasteiger partial charge in [0.1, 0.15) is 6.61 Å². The van der Waals surface area contributed by atoms with Crippen molar-refractivity contribution in [2.45, 2.75) is 0 Å². The monoisotopic (exact) mass is 343 g/mol. The van der Waals surface area contributed by atoms with Crippen LogP contribution in [0.1, 0.15) is 5.56 Å². The van der Waals surface area contributed by atoms with Gasteiger partial charge in [0.15, 0.2) is 11.5 Å². The molecule has 0 aliphatic heterocycles. The molecule has 1 aromatic rings. The summed E-state index contributed by atoms with van der Waals surface area (Å²) in [6.45, 7) is 1.24. The minimum atomic E-state index is -1.01. The Morgan fingerprint density at radius 1 is 1.45 bits per heavy atom. The fourth-order valence-corrected chi connectivity index (χ4v) is 1.96. The number of rotatable bonds is 7. The van der Waals surface area contributed by atoms with E-state index >= 15 is 0 Å². The molecule has 6 heteroatoms. The summed E-state index contributed by atoms with van der Waals surface area (Å²) in [5.74, 6) is 0.0846. The molecule has 0 aliphatic rings. The van der Waals surface area contributed by atoms with Crippen molar-refractivity contribution < 1.29 is 19.4 Å². The Bertz CT molecular complexity index is 500. The van der Waals surface area contributed by atoms with Crippen LogP contribution < -0.4 is 9.47 Å². The van der Waals surface area contributed by atoms with Crippen LogP contribution in [-0.2, 0) is 4.79 Å². The molecule has 0 heterocycles. The molecule has 0 unspecified atom stereocenters. The second kappa shape index (κ2) is 7.91. The molecular formula is C14H18BrNO4. The van der Waals surface area contributed by atoms with Crippen LogP contribution >= 0.6 is 15.9 Å². The maximum Gasteiger partial charge on any atom is 0.328 e. The predicted octanol–water partition coefficient (Wildman–Crippen LogP) is 2.50. The number of likely N-dealkylation sites (N-methyl/N-ethyl adjacent to an activating group) is 1. The number of benzene rings is 1. The molecule has 0 fully saturated rings. The Hall–Kier alpha value is -1.53. The van der Waals surface area contributed by atoms with Gasteiger partial charge in [-0.05, 0) is 32.3 Å². The maximum atomic E-state index is 10.6. The number of halogens is 1. The largest absolute Gasteiger partial charge is 0.493 e. The number of nitrogens with zero attached hydrogens (tertiary/aromatic N) is 1. The maximum absolute atomic E-state index is 10.6. The Morgan fingerprint density at radius 2 is 2.15 bits per heavy atom. The highest BCUT2D eigenvalue weighted by Crippen LogP contribution is 2.35. The summed E-state index contributed by atoms with van der Waals surface area (Å²) in [5, 5.41) is 8.73. The number of carboxylic acids is 1. The third-order valence-corrected chi connectivity index (χ3v) is 2.92. The molecule has 1 N–H and O–H groups in total. The summed E-state index contributed by atoms with van der Waals surface area (Å²) in [4.78, 5) is 12.6. The van der Waals surface area contributed by atoms with E-state index in [4.69, 9.17) is 14.6 Å². The number of aliphatic carboxylic acids is 1. The van der Waals surface area contributed by atoms with E-state index in [-0.39, 0.29) is 0 Å². The molecular weight excluding hydrogens is 326 g/mol. The number of ether oxygens (including phenoxy) is 2. The first-order chi connectivity index (χ1) is 9.43. The molecule has 0 aromatic heterocycles. The van der Waals surface area contributed by atoms with E-state index in [1.165, 1.54) is 6.08 Å². The lowest BCUT2D eigenvalue weighted by atomic mass is 10.1. The van der Waals surface area contributed by atoms with Crippen molar-refractivity contribution >= 4 is 28.0 Å². The van der Waals surface area contributed by atoms with Crippen molar-refractivity contribution in [2.24, 2.45) is 0 Å².